The first-order chi connectivity index (χ1) is 8.18. The fourth-order valence-corrected chi connectivity index (χ4v) is 4.56. The van der Waals surface area contributed by atoms with E-state index >= 15 is 0 Å². The summed E-state index contributed by atoms with van der Waals surface area (Å²) in [6, 6.07) is 2.10. The van der Waals surface area contributed by atoms with Gasteiger partial charge in [0.15, 0.2) is 0 Å². The van der Waals surface area contributed by atoms with Gasteiger partial charge in [0.05, 0.1) is 9.89 Å². The fraction of sp³-hybridized carbons (Fsp3) is 0.714. The Kier molecular flexibility index (Phi) is 5.07. The van der Waals surface area contributed by atoms with Gasteiger partial charge in [0, 0.05) is 4.88 Å². The minimum atomic E-state index is -0.254. The maximum absolute atomic E-state index is 10.5. The summed E-state index contributed by atoms with van der Waals surface area (Å²) < 4.78 is 1.13. The Morgan fingerprint density at radius 3 is 2.35 bits per heavy atom. The van der Waals surface area contributed by atoms with Crippen molar-refractivity contribution in [2.75, 3.05) is 0 Å². The molecule has 17 heavy (non-hydrogen) atoms. The zero-order valence-corrected chi connectivity index (χ0v) is 12.8. The lowest BCUT2D eigenvalue weighted by molar-refractivity contribution is 0.0911. The predicted molar refractivity (Wildman–Crippen MR) is 77.5 cm³/mol. The number of aliphatic hydroxyl groups is 1. The molecule has 0 radical (unpaired) electrons. The minimum absolute atomic E-state index is 0.254. The van der Waals surface area contributed by atoms with E-state index in [2.05, 4.69) is 28.9 Å². The molecule has 1 aliphatic carbocycles. The van der Waals surface area contributed by atoms with Crippen LogP contribution in [0.15, 0.2) is 9.85 Å². The third-order valence-corrected chi connectivity index (χ3v) is 5.41. The number of rotatable bonds is 2. The Balaban J connectivity index is 2.06. The molecule has 1 fully saturated rings. The van der Waals surface area contributed by atoms with Gasteiger partial charge in [-0.3, -0.25) is 0 Å². The van der Waals surface area contributed by atoms with Crippen LogP contribution in [0.1, 0.15) is 61.5 Å². The van der Waals surface area contributed by atoms with Crippen LogP contribution in [0.5, 0.6) is 0 Å². The smallest absolute Gasteiger partial charge is 0.0829 e. The van der Waals surface area contributed by atoms with Crippen LogP contribution in [0.25, 0.3) is 0 Å². The standard InChI is InChI=1S/C14H21BrOS/c1-10-12(9-13(15)17-10)14(16)11-7-5-3-2-4-6-8-11/h9,11,14,16H,2-8H2,1H3. The molecule has 0 saturated heterocycles. The SMILES string of the molecule is Cc1sc(Br)cc1C(O)C1CCCCCCC1. The first kappa shape index (κ1) is 13.6. The molecule has 1 nitrogen and oxygen atoms in total. The first-order valence-electron chi connectivity index (χ1n) is 6.62. The molecule has 1 N–H and O–H groups in total. The highest BCUT2D eigenvalue weighted by atomic mass is 79.9. The number of halogens is 1. The largest absolute Gasteiger partial charge is 0.388 e. The average Bonchev–Trinajstić information content (AvgIpc) is 2.56. The summed E-state index contributed by atoms with van der Waals surface area (Å²) in [5.74, 6) is 0.468. The van der Waals surface area contributed by atoms with E-state index in [4.69, 9.17) is 0 Å². The maximum Gasteiger partial charge on any atom is 0.0829 e. The van der Waals surface area contributed by atoms with Crippen LogP contribution in [0.3, 0.4) is 0 Å². The van der Waals surface area contributed by atoms with Crippen LogP contribution in [0.4, 0.5) is 0 Å². The van der Waals surface area contributed by atoms with Crippen LogP contribution in [-0.4, -0.2) is 5.11 Å². The number of aliphatic hydroxyl groups excluding tert-OH is 1. The summed E-state index contributed by atoms with van der Waals surface area (Å²) in [6.07, 6.45) is 8.76. The molecule has 0 aliphatic heterocycles. The quantitative estimate of drug-likeness (QED) is 0.793. The Morgan fingerprint density at radius 2 is 1.82 bits per heavy atom. The van der Waals surface area contributed by atoms with Crippen molar-refractivity contribution in [2.45, 2.75) is 58.0 Å². The summed E-state index contributed by atoms with van der Waals surface area (Å²) in [5, 5.41) is 10.5. The van der Waals surface area contributed by atoms with E-state index in [9.17, 15) is 5.11 Å². The lowest BCUT2D eigenvalue weighted by Crippen LogP contribution is -2.14. The van der Waals surface area contributed by atoms with Crippen molar-refractivity contribution in [2.24, 2.45) is 5.92 Å². The van der Waals surface area contributed by atoms with Crippen molar-refractivity contribution in [3.8, 4) is 0 Å². The summed E-state index contributed by atoms with van der Waals surface area (Å²) in [4.78, 5) is 1.26. The molecule has 3 heteroatoms. The van der Waals surface area contributed by atoms with Gasteiger partial charge in [-0.1, -0.05) is 32.1 Å². The van der Waals surface area contributed by atoms with Gasteiger partial charge in [-0.25, -0.2) is 0 Å². The third-order valence-electron chi connectivity index (χ3n) is 3.84. The zero-order valence-electron chi connectivity index (χ0n) is 10.4. The second-order valence-electron chi connectivity index (χ2n) is 5.11. The van der Waals surface area contributed by atoms with Crippen LogP contribution in [-0.2, 0) is 0 Å². The first-order valence-corrected chi connectivity index (χ1v) is 8.23. The van der Waals surface area contributed by atoms with Gasteiger partial charge in [0.1, 0.15) is 0 Å². The van der Waals surface area contributed by atoms with Gasteiger partial charge in [0.2, 0.25) is 0 Å². The van der Waals surface area contributed by atoms with E-state index in [0.717, 1.165) is 9.35 Å². The summed E-state index contributed by atoms with van der Waals surface area (Å²) >= 11 is 5.24. The van der Waals surface area contributed by atoms with E-state index in [1.807, 2.05) is 0 Å². The van der Waals surface area contributed by atoms with E-state index < -0.39 is 0 Å². The molecule has 0 spiro atoms. The zero-order chi connectivity index (χ0) is 12.3. The molecule has 1 atom stereocenters. The lowest BCUT2D eigenvalue weighted by atomic mass is 9.85. The molecule has 1 unspecified atom stereocenters. The number of hydrogen-bond acceptors (Lipinski definition) is 2. The van der Waals surface area contributed by atoms with Crippen molar-refractivity contribution in [1.29, 1.82) is 0 Å². The molecule has 0 aromatic carbocycles. The van der Waals surface area contributed by atoms with Crippen LogP contribution in [0.2, 0.25) is 0 Å². The van der Waals surface area contributed by atoms with Gasteiger partial charge in [-0.2, -0.15) is 0 Å². The molecule has 2 rings (SSSR count). The summed E-state index contributed by atoms with van der Waals surface area (Å²) in [5.41, 5.74) is 1.15. The van der Waals surface area contributed by atoms with E-state index in [0.29, 0.717) is 5.92 Å². The fourth-order valence-electron chi connectivity index (χ4n) is 2.81. The van der Waals surface area contributed by atoms with E-state index in [-0.39, 0.29) is 6.10 Å². The monoisotopic (exact) mass is 316 g/mol. The molecular weight excluding hydrogens is 296 g/mol. The number of hydrogen-bond donors (Lipinski definition) is 1. The maximum atomic E-state index is 10.5. The van der Waals surface area contributed by atoms with Crippen molar-refractivity contribution in [3.05, 3.63) is 20.3 Å². The normalized spacial score (nSPS) is 20.9. The molecule has 1 saturated carbocycles. The summed E-state index contributed by atoms with van der Waals surface area (Å²) in [6.45, 7) is 2.11. The second kappa shape index (κ2) is 6.35. The third kappa shape index (κ3) is 3.55. The van der Waals surface area contributed by atoms with Crippen molar-refractivity contribution >= 4 is 27.3 Å². The molecule has 1 aromatic heterocycles. The summed E-state index contributed by atoms with van der Waals surface area (Å²) in [7, 11) is 0. The molecule has 1 aromatic rings. The van der Waals surface area contributed by atoms with Crippen molar-refractivity contribution in [3.63, 3.8) is 0 Å². The Labute approximate surface area is 116 Å². The van der Waals surface area contributed by atoms with Crippen molar-refractivity contribution < 1.29 is 5.11 Å². The highest BCUT2D eigenvalue weighted by Gasteiger charge is 2.23. The van der Waals surface area contributed by atoms with Gasteiger partial charge in [-0.15, -0.1) is 11.3 Å². The van der Waals surface area contributed by atoms with E-state index in [1.165, 1.54) is 49.8 Å². The Morgan fingerprint density at radius 1 is 1.24 bits per heavy atom. The molecule has 0 amide bonds. The van der Waals surface area contributed by atoms with Gasteiger partial charge < -0.3 is 5.11 Å². The Bertz CT molecular complexity index is 353. The molecule has 1 aliphatic rings. The highest BCUT2D eigenvalue weighted by Crippen LogP contribution is 2.38. The molecular formula is C14H21BrOS. The van der Waals surface area contributed by atoms with Gasteiger partial charge >= 0.3 is 0 Å². The predicted octanol–water partition coefficient (Wildman–Crippen LogP) is 5.21. The topological polar surface area (TPSA) is 20.2 Å². The number of aryl methyl sites for hydroxylation is 1. The molecule has 0 bridgehead atoms. The Hall–Kier alpha value is 0.140. The molecule has 96 valence electrons. The lowest BCUT2D eigenvalue weighted by Gasteiger charge is -2.25. The number of thiophene rings is 1. The van der Waals surface area contributed by atoms with Gasteiger partial charge in [-0.05, 0) is 53.2 Å². The second-order valence-corrected chi connectivity index (χ2v) is 7.75. The van der Waals surface area contributed by atoms with Crippen molar-refractivity contribution in [1.82, 2.24) is 0 Å². The van der Waals surface area contributed by atoms with Crippen LogP contribution >= 0.6 is 27.3 Å². The molecule has 1 heterocycles. The van der Waals surface area contributed by atoms with Gasteiger partial charge in [0.25, 0.3) is 0 Å². The van der Waals surface area contributed by atoms with Crippen LogP contribution in [0, 0.1) is 12.8 Å². The average molecular weight is 317 g/mol. The highest BCUT2D eigenvalue weighted by molar-refractivity contribution is 9.11. The van der Waals surface area contributed by atoms with Crippen LogP contribution < -0.4 is 0 Å². The minimum Gasteiger partial charge on any atom is -0.388 e. The van der Waals surface area contributed by atoms with E-state index in [1.54, 1.807) is 11.3 Å².